The smallest absolute Gasteiger partial charge is 0.446 e. The van der Waals surface area contributed by atoms with Gasteiger partial charge in [-0.3, -0.25) is 0 Å². The van der Waals surface area contributed by atoms with Gasteiger partial charge in [-0.15, -0.1) is 0 Å². The van der Waals surface area contributed by atoms with E-state index in [0.29, 0.717) is 22.4 Å². The van der Waals surface area contributed by atoms with Gasteiger partial charge in [0.25, 0.3) is 0 Å². The first-order valence-electron chi connectivity index (χ1n) is 9.68. The van der Waals surface area contributed by atoms with Gasteiger partial charge < -0.3 is 9.84 Å². The van der Waals surface area contributed by atoms with Crippen LogP contribution in [-0.4, -0.2) is 33.7 Å². The minimum atomic E-state index is -4.85. The van der Waals surface area contributed by atoms with Crippen LogP contribution in [0.15, 0.2) is 46.3 Å². The van der Waals surface area contributed by atoms with Crippen molar-refractivity contribution in [3.05, 3.63) is 63.3 Å². The van der Waals surface area contributed by atoms with Gasteiger partial charge in [0.05, 0.1) is 27.6 Å². The van der Waals surface area contributed by atoms with E-state index in [1.54, 1.807) is 0 Å². The molecule has 2 aromatic carbocycles. The summed E-state index contributed by atoms with van der Waals surface area (Å²) >= 11 is 11.3. The third-order valence-electron chi connectivity index (χ3n) is 4.47. The lowest BCUT2D eigenvalue weighted by atomic mass is 10.2. The maximum Gasteiger partial charge on any atom is 0.446 e. The van der Waals surface area contributed by atoms with Crippen molar-refractivity contribution < 1.29 is 36.2 Å². The summed E-state index contributed by atoms with van der Waals surface area (Å²) in [6.45, 7) is 0. The van der Waals surface area contributed by atoms with Crippen LogP contribution in [0.25, 0.3) is 11.8 Å². The zero-order valence-corrected chi connectivity index (χ0v) is 20.5. The molecular weight excluding hydrogens is 569 g/mol. The van der Waals surface area contributed by atoms with Gasteiger partial charge in [-0.2, -0.15) is 36.7 Å². The first-order valence-corrected chi connectivity index (χ1v) is 11.3. The van der Waals surface area contributed by atoms with Crippen molar-refractivity contribution >= 4 is 53.1 Å². The normalized spacial score (nSPS) is 12.4. The fourth-order valence-corrected chi connectivity index (χ4v) is 4.24. The predicted octanol–water partition coefficient (Wildman–Crippen LogP) is 7.81. The molecule has 3 rings (SSSR count). The second kappa shape index (κ2) is 11.0. The van der Waals surface area contributed by atoms with E-state index in [1.165, 1.54) is 43.5 Å². The zero-order valence-electron chi connectivity index (χ0n) is 18.2. The highest BCUT2D eigenvalue weighted by Gasteiger charge is 2.36. The lowest BCUT2D eigenvalue weighted by molar-refractivity contribution is -0.137. The van der Waals surface area contributed by atoms with E-state index < -0.39 is 61.1 Å². The number of phenolic OH excluding ortho intramolecular Hbond substituents is 1. The molecule has 0 radical (unpaired) electrons. The number of nitrogens with zero attached hydrogens (tertiary/aromatic N) is 4. The van der Waals surface area contributed by atoms with Gasteiger partial charge in [-0.05, 0) is 47.7 Å². The molecule has 15 heteroatoms. The Morgan fingerprint density at radius 2 is 1.78 bits per heavy atom. The molecule has 1 N–H and O–H groups in total. The zero-order chi connectivity index (χ0) is 27.5. The molecule has 6 nitrogen and oxygen atoms in total. The van der Waals surface area contributed by atoms with Crippen LogP contribution in [0, 0.1) is 11.3 Å². The first-order chi connectivity index (χ1) is 17.2. The van der Waals surface area contributed by atoms with Gasteiger partial charge >= 0.3 is 11.7 Å². The number of rotatable bonds is 6. The number of hydrogen-bond donors (Lipinski definition) is 1. The van der Waals surface area contributed by atoms with Crippen molar-refractivity contribution in [2.75, 3.05) is 7.11 Å². The van der Waals surface area contributed by atoms with E-state index in [2.05, 4.69) is 10.1 Å². The molecule has 0 amide bonds. The van der Waals surface area contributed by atoms with E-state index >= 15 is 0 Å². The maximum atomic E-state index is 13.2. The number of thioether (sulfide) groups is 1. The molecule has 0 fully saturated rings. The monoisotopic (exact) mass is 580 g/mol. The predicted molar refractivity (Wildman–Crippen MR) is 127 cm³/mol. The fourth-order valence-electron chi connectivity index (χ4n) is 2.94. The Bertz CT molecular complexity index is 1410. The minimum absolute atomic E-state index is 0.111. The van der Waals surface area contributed by atoms with Gasteiger partial charge in [-0.1, -0.05) is 35.3 Å². The Balaban J connectivity index is 2.14. The van der Waals surface area contributed by atoms with Gasteiger partial charge in [0.1, 0.15) is 11.8 Å². The number of aromatic hydroxyl groups is 1. The quantitative estimate of drug-likeness (QED) is 0.182. The second-order valence-electron chi connectivity index (χ2n) is 6.93. The van der Waals surface area contributed by atoms with Crippen LogP contribution >= 0.6 is 35.0 Å². The van der Waals surface area contributed by atoms with Crippen molar-refractivity contribution in [1.82, 2.24) is 9.78 Å². The number of ether oxygens (including phenoxy) is 1. The topological polar surface area (TPSA) is 83.4 Å². The number of alkyl halides is 6. The molecule has 0 saturated carbocycles. The number of halogens is 8. The van der Waals surface area contributed by atoms with Crippen LogP contribution in [0.2, 0.25) is 10.0 Å². The highest BCUT2D eigenvalue weighted by molar-refractivity contribution is 8.00. The highest BCUT2D eigenvalue weighted by Crippen LogP contribution is 2.46. The molecule has 0 aliphatic carbocycles. The van der Waals surface area contributed by atoms with Crippen LogP contribution in [0.5, 0.6) is 11.5 Å². The number of aliphatic imine (C=N–C) groups is 1. The van der Waals surface area contributed by atoms with Crippen LogP contribution in [0.4, 0.5) is 32.2 Å². The molecule has 1 aromatic heterocycles. The SMILES string of the molecule is COc1cc(/C=C/C=N/c2c(SC(F)(F)F)c(C#N)nn2-c2c(Cl)cc(C(F)(F)F)cc2Cl)ccc1O. The summed E-state index contributed by atoms with van der Waals surface area (Å²) < 4.78 is 84.8. The van der Waals surface area contributed by atoms with Crippen LogP contribution in [0.1, 0.15) is 16.8 Å². The maximum absolute atomic E-state index is 13.2. The summed E-state index contributed by atoms with van der Waals surface area (Å²) in [4.78, 5) is 3.25. The Morgan fingerprint density at radius 3 is 2.32 bits per heavy atom. The highest BCUT2D eigenvalue weighted by atomic mass is 35.5. The minimum Gasteiger partial charge on any atom is -0.504 e. The van der Waals surface area contributed by atoms with E-state index in [4.69, 9.17) is 27.9 Å². The van der Waals surface area contributed by atoms with Crippen molar-refractivity contribution in [3.8, 4) is 23.3 Å². The molecule has 0 aliphatic rings. The summed E-state index contributed by atoms with van der Waals surface area (Å²) in [5.41, 5.74) is -6.61. The average Bonchev–Trinajstić information content (AvgIpc) is 3.11. The fraction of sp³-hybridized carbons (Fsp3) is 0.136. The summed E-state index contributed by atoms with van der Waals surface area (Å²) in [5, 5.41) is 21.6. The van der Waals surface area contributed by atoms with Gasteiger partial charge in [0, 0.05) is 6.21 Å². The lowest BCUT2D eigenvalue weighted by Gasteiger charge is -2.13. The second-order valence-corrected chi connectivity index (χ2v) is 8.82. The number of methoxy groups -OCH3 is 1. The summed E-state index contributed by atoms with van der Waals surface area (Å²) in [6.07, 6.45) is -0.923. The van der Waals surface area contributed by atoms with Crippen molar-refractivity contribution in [2.45, 2.75) is 16.6 Å². The molecule has 0 atom stereocenters. The molecule has 37 heavy (non-hydrogen) atoms. The average molecular weight is 581 g/mol. The van der Waals surface area contributed by atoms with Crippen molar-refractivity contribution in [3.63, 3.8) is 0 Å². The molecule has 0 unspecified atom stereocenters. The molecule has 0 spiro atoms. The van der Waals surface area contributed by atoms with E-state index in [1.807, 2.05) is 0 Å². The van der Waals surface area contributed by atoms with Crippen LogP contribution < -0.4 is 4.74 Å². The largest absolute Gasteiger partial charge is 0.504 e. The molecule has 0 aliphatic heterocycles. The molecule has 0 bridgehead atoms. The third kappa shape index (κ3) is 6.71. The summed E-state index contributed by atoms with van der Waals surface area (Å²) in [6, 6.07) is 6.92. The van der Waals surface area contributed by atoms with Crippen LogP contribution in [0.3, 0.4) is 0 Å². The first kappa shape index (κ1) is 28.2. The standard InChI is InChI=1S/C22H12Cl2F6N4O2S/c1-36-17-7-11(4-5-16(17)35)3-2-6-32-20-19(37-22(28,29)30)15(10-31)33-34(20)18-13(23)8-12(9-14(18)24)21(25,26)27/h2-9,35H,1H3/b3-2+,32-6+. The number of benzene rings is 2. The number of allylic oxidation sites excluding steroid dienone is 1. The van der Waals surface area contributed by atoms with E-state index in [-0.39, 0.29) is 11.5 Å². The molecule has 1 heterocycles. The van der Waals surface area contributed by atoms with Gasteiger partial charge in [0.15, 0.2) is 23.0 Å². The molecule has 0 saturated heterocycles. The lowest BCUT2D eigenvalue weighted by Crippen LogP contribution is -2.07. The van der Waals surface area contributed by atoms with Crippen molar-refractivity contribution in [2.24, 2.45) is 4.99 Å². The van der Waals surface area contributed by atoms with E-state index in [9.17, 15) is 36.7 Å². The molecular formula is C22H12Cl2F6N4O2S. The molecule has 194 valence electrons. The number of phenols is 1. The van der Waals surface area contributed by atoms with Crippen molar-refractivity contribution in [1.29, 1.82) is 5.26 Å². The Morgan fingerprint density at radius 1 is 1.14 bits per heavy atom. The van der Waals surface area contributed by atoms with E-state index in [0.717, 1.165) is 6.21 Å². The number of aromatic nitrogens is 2. The number of nitriles is 1. The molecule has 3 aromatic rings. The summed E-state index contributed by atoms with van der Waals surface area (Å²) in [5.74, 6) is -0.484. The Labute approximate surface area is 219 Å². The Kier molecular flexibility index (Phi) is 8.36. The third-order valence-corrected chi connectivity index (χ3v) is 5.86. The van der Waals surface area contributed by atoms with Gasteiger partial charge in [0.2, 0.25) is 0 Å². The number of hydrogen-bond acceptors (Lipinski definition) is 6. The Hall–Kier alpha value is -3.34. The summed E-state index contributed by atoms with van der Waals surface area (Å²) in [7, 11) is 1.34. The van der Waals surface area contributed by atoms with Crippen LogP contribution in [-0.2, 0) is 6.18 Å². The van der Waals surface area contributed by atoms with Gasteiger partial charge in [-0.25, -0.2) is 9.67 Å².